The van der Waals surface area contributed by atoms with Crippen molar-refractivity contribution in [2.24, 2.45) is 0 Å². The molecule has 0 N–H and O–H groups in total. The Morgan fingerprint density at radius 1 is 1.56 bits per heavy atom. The summed E-state index contributed by atoms with van der Waals surface area (Å²) in [5.74, 6) is 0. The first-order chi connectivity index (χ1) is 4.12. The molecule has 0 aliphatic heterocycles. The highest BCUT2D eigenvalue weighted by atomic mass is 35.5. The minimum atomic E-state index is -1.16. The zero-order valence-electron chi connectivity index (χ0n) is 5.98. The standard InChI is InChI=1S/C6H13ClOSi/c1-9(2,6-7)5-3-4-8/h4H,3,5-6H2,1-2H3. The summed E-state index contributed by atoms with van der Waals surface area (Å²) in [6, 6.07) is 1.03. The van der Waals surface area contributed by atoms with Crippen LogP contribution in [0, 0.1) is 0 Å². The first kappa shape index (κ1) is 9.18. The number of hydrogen-bond donors (Lipinski definition) is 0. The minimum Gasteiger partial charge on any atom is -0.303 e. The Kier molecular flexibility index (Phi) is 4.15. The lowest BCUT2D eigenvalue weighted by Crippen LogP contribution is -2.27. The van der Waals surface area contributed by atoms with Gasteiger partial charge >= 0.3 is 0 Å². The third-order valence-corrected chi connectivity index (χ3v) is 5.84. The molecule has 0 aliphatic rings. The molecule has 0 heterocycles. The molecule has 3 heteroatoms. The van der Waals surface area contributed by atoms with Crippen molar-refractivity contribution in [3.05, 3.63) is 0 Å². The molecule has 0 unspecified atom stereocenters. The van der Waals surface area contributed by atoms with Crippen LogP contribution in [0.25, 0.3) is 0 Å². The molecule has 0 saturated heterocycles. The second kappa shape index (κ2) is 4.07. The molecule has 0 rings (SSSR count). The summed E-state index contributed by atoms with van der Waals surface area (Å²) < 4.78 is 0. The van der Waals surface area contributed by atoms with Crippen LogP contribution in [0.4, 0.5) is 0 Å². The number of carbonyl (C=O) groups is 1. The van der Waals surface area contributed by atoms with Crippen LogP contribution >= 0.6 is 11.6 Å². The Morgan fingerprint density at radius 3 is 2.44 bits per heavy atom. The third-order valence-electron chi connectivity index (χ3n) is 1.30. The van der Waals surface area contributed by atoms with Gasteiger partial charge in [-0.3, -0.25) is 0 Å². The molecule has 0 aromatic rings. The SMILES string of the molecule is C[Si](C)(CCl)CCC=O. The second-order valence-corrected chi connectivity index (χ2v) is 8.90. The topological polar surface area (TPSA) is 17.1 Å². The van der Waals surface area contributed by atoms with Gasteiger partial charge in [-0.1, -0.05) is 13.1 Å². The maximum atomic E-state index is 9.95. The molecule has 0 aliphatic carbocycles. The molecule has 9 heavy (non-hydrogen) atoms. The van der Waals surface area contributed by atoms with Crippen LogP contribution in [0.5, 0.6) is 0 Å². The Bertz CT molecular complexity index is 93.1. The summed E-state index contributed by atoms with van der Waals surface area (Å²) in [6.45, 7) is 4.40. The first-order valence-corrected chi connectivity index (χ1v) is 7.07. The van der Waals surface area contributed by atoms with Gasteiger partial charge in [0, 0.05) is 11.9 Å². The summed E-state index contributed by atoms with van der Waals surface area (Å²) in [7, 11) is -1.16. The fourth-order valence-electron chi connectivity index (χ4n) is 0.516. The van der Waals surface area contributed by atoms with E-state index in [0.29, 0.717) is 6.42 Å². The zero-order chi connectivity index (χ0) is 7.33. The van der Waals surface area contributed by atoms with Crippen molar-refractivity contribution >= 4 is 26.0 Å². The van der Waals surface area contributed by atoms with E-state index in [4.69, 9.17) is 11.6 Å². The highest BCUT2D eigenvalue weighted by Crippen LogP contribution is 2.11. The van der Waals surface area contributed by atoms with E-state index in [1.165, 1.54) is 0 Å². The molecule has 0 spiro atoms. The average molecular weight is 165 g/mol. The lowest BCUT2D eigenvalue weighted by molar-refractivity contribution is -0.107. The largest absolute Gasteiger partial charge is 0.303 e. The summed E-state index contributed by atoms with van der Waals surface area (Å²) >= 11 is 5.67. The van der Waals surface area contributed by atoms with Crippen LogP contribution in [-0.4, -0.2) is 19.9 Å². The Morgan fingerprint density at radius 2 is 2.11 bits per heavy atom. The Labute approximate surface area is 62.4 Å². The molecule has 0 saturated carbocycles. The molecular formula is C6H13ClOSi. The van der Waals surface area contributed by atoms with Crippen molar-refractivity contribution in [2.75, 3.05) is 5.50 Å². The van der Waals surface area contributed by atoms with Gasteiger partial charge in [-0.05, 0) is 6.04 Å². The van der Waals surface area contributed by atoms with Crippen LogP contribution < -0.4 is 0 Å². The van der Waals surface area contributed by atoms with Crippen molar-refractivity contribution in [1.82, 2.24) is 0 Å². The highest BCUT2D eigenvalue weighted by molar-refractivity contribution is 6.83. The molecule has 0 aromatic heterocycles. The number of halogens is 1. The maximum absolute atomic E-state index is 9.95. The summed E-state index contributed by atoms with van der Waals surface area (Å²) in [5, 5.41) is 0. The van der Waals surface area contributed by atoms with Gasteiger partial charge in [0.2, 0.25) is 0 Å². The van der Waals surface area contributed by atoms with Gasteiger partial charge in [-0.2, -0.15) is 0 Å². The average Bonchev–Trinajstić information content (AvgIpc) is 1.84. The van der Waals surface area contributed by atoms with E-state index in [2.05, 4.69) is 13.1 Å². The van der Waals surface area contributed by atoms with Crippen LogP contribution in [0.2, 0.25) is 19.1 Å². The van der Waals surface area contributed by atoms with E-state index in [1.807, 2.05) is 0 Å². The van der Waals surface area contributed by atoms with Crippen molar-refractivity contribution in [1.29, 1.82) is 0 Å². The van der Waals surface area contributed by atoms with Crippen molar-refractivity contribution in [2.45, 2.75) is 25.6 Å². The van der Waals surface area contributed by atoms with E-state index in [0.717, 1.165) is 17.8 Å². The summed E-state index contributed by atoms with van der Waals surface area (Å²) in [5.41, 5.74) is 0.765. The van der Waals surface area contributed by atoms with E-state index in [9.17, 15) is 4.79 Å². The molecule has 0 amide bonds. The number of alkyl halides is 1. The second-order valence-electron chi connectivity index (χ2n) is 3.00. The fraction of sp³-hybridized carbons (Fsp3) is 0.833. The minimum absolute atomic E-state index is 0.686. The number of aldehydes is 1. The van der Waals surface area contributed by atoms with Gasteiger partial charge in [-0.25, -0.2) is 0 Å². The fourth-order valence-corrected chi connectivity index (χ4v) is 1.95. The van der Waals surface area contributed by atoms with Crippen LogP contribution in [0.1, 0.15) is 6.42 Å². The van der Waals surface area contributed by atoms with E-state index >= 15 is 0 Å². The van der Waals surface area contributed by atoms with E-state index < -0.39 is 8.07 Å². The van der Waals surface area contributed by atoms with E-state index in [1.54, 1.807) is 0 Å². The molecule has 0 aromatic carbocycles. The molecular weight excluding hydrogens is 152 g/mol. The van der Waals surface area contributed by atoms with Crippen LogP contribution in [0.15, 0.2) is 0 Å². The third kappa shape index (κ3) is 4.67. The van der Waals surface area contributed by atoms with Gasteiger partial charge in [0.15, 0.2) is 0 Å². The molecule has 54 valence electrons. The predicted molar refractivity (Wildman–Crippen MR) is 43.7 cm³/mol. The van der Waals surface area contributed by atoms with Gasteiger partial charge in [0.05, 0.1) is 8.07 Å². The number of rotatable bonds is 4. The van der Waals surface area contributed by atoms with E-state index in [-0.39, 0.29) is 0 Å². The monoisotopic (exact) mass is 164 g/mol. The Balaban J connectivity index is 3.44. The Hall–Kier alpha value is 0.177. The normalized spacial score (nSPS) is 11.4. The maximum Gasteiger partial charge on any atom is 0.119 e. The molecule has 0 atom stereocenters. The summed E-state index contributed by atoms with van der Waals surface area (Å²) in [4.78, 5) is 9.95. The lowest BCUT2D eigenvalue weighted by Gasteiger charge is -2.15. The van der Waals surface area contributed by atoms with Crippen molar-refractivity contribution in [3.8, 4) is 0 Å². The molecule has 0 bridgehead atoms. The van der Waals surface area contributed by atoms with Crippen LogP contribution in [-0.2, 0) is 4.79 Å². The first-order valence-electron chi connectivity index (χ1n) is 3.12. The van der Waals surface area contributed by atoms with Gasteiger partial charge < -0.3 is 4.79 Å². The number of carbonyl (C=O) groups excluding carboxylic acids is 1. The van der Waals surface area contributed by atoms with Gasteiger partial charge in [-0.15, -0.1) is 11.6 Å². The quantitative estimate of drug-likeness (QED) is 0.353. The van der Waals surface area contributed by atoms with Crippen molar-refractivity contribution < 1.29 is 4.79 Å². The van der Waals surface area contributed by atoms with Gasteiger partial charge in [0.25, 0.3) is 0 Å². The molecule has 1 nitrogen and oxygen atoms in total. The van der Waals surface area contributed by atoms with Gasteiger partial charge in [0.1, 0.15) is 6.29 Å². The smallest absolute Gasteiger partial charge is 0.119 e. The predicted octanol–water partition coefficient (Wildman–Crippen LogP) is 2.06. The van der Waals surface area contributed by atoms with Crippen molar-refractivity contribution in [3.63, 3.8) is 0 Å². The summed E-state index contributed by atoms with van der Waals surface area (Å²) in [6.07, 6.45) is 1.66. The highest BCUT2D eigenvalue weighted by Gasteiger charge is 2.17. The lowest BCUT2D eigenvalue weighted by atomic mass is 10.6. The molecule has 0 fully saturated rings. The zero-order valence-corrected chi connectivity index (χ0v) is 7.74. The van der Waals surface area contributed by atoms with Crippen LogP contribution in [0.3, 0.4) is 0 Å². The number of hydrogen-bond acceptors (Lipinski definition) is 1. The molecule has 0 radical (unpaired) electrons.